The second kappa shape index (κ2) is 6.67. The van der Waals surface area contributed by atoms with Gasteiger partial charge in [-0.2, -0.15) is 0 Å². The molecule has 1 N–H and O–H groups in total. The van der Waals surface area contributed by atoms with Gasteiger partial charge >= 0.3 is 0 Å². The van der Waals surface area contributed by atoms with E-state index in [4.69, 9.17) is 11.6 Å². The van der Waals surface area contributed by atoms with Crippen LogP contribution in [0.2, 0.25) is 5.15 Å². The van der Waals surface area contributed by atoms with Crippen molar-refractivity contribution >= 4 is 17.4 Å². The van der Waals surface area contributed by atoms with Crippen molar-refractivity contribution in [2.24, 2.45) is 0 Å². The SMILES string of the molecule is CCCCC(CC)Nc1cccc(Cl)n1. The van der Waals surface area contributed by atoms with E-state index in [1.165, 1.54) is 19.3 Å². The van der Waals surface area contributed by atoms with Gasteiger partial charge in [0.15, 0.2) is 0 Å². The molecule has 0 saturated heterocycles. The van der Waals surface area contributed by atoms with Gasteiger partial charge in [-0.3, -0.25) is 0 Å². The standard InChI is InChI=1S/C12H19ClN2/c1-3-5-7-10(4-2)14-12-9-6-8-11(13)15-12/h6,8-10H,3-5,7H2,1-2H3,(H,14,15). The first-order valence-electron chi connectivity index (χ1n) is 5.65. The molecule has 1 unspecified atom stereocenters. The maximum atomic E-state index is 5.82. The Morgan fingerprint density at radius 1 is 1.40 bits per heavy atom. The summed E-state index contributed by atoms with van der Waals surface area (Å²) >= 11 is 5.82. The molecule has 3 heteroatoms. The van der Waals surface area contributed by atoms with Crippen molar-refractivity contribution in [3.8, 4) is 0 Å². The van der Waals surface area contributed by atoms with Crippen molar-refractivity contribution in [2.45, 2.75) is 45.6 Å². The zero-order valence-corrected chi connectivity index (χ0v) is 10.2. The maximum Gasteiger partial charge on any atom is 0.131 e. The number of nitrogens with zero attached hydrogens (tertiary/aromatic N) is 1. The maximum absolute atomic E-state index is 5.82. The van der Waals surface area contributed by atoms with E-state index in [0.29, 0.717) is 11.2 Å². The molecule has 84 valence electrons. The lowest BCUT2D eigenvalue weighted by atomic mass is 10.1. The van der Waals surface area contributed by atoms with Gasteiger partial charge in [0.2, 0.25) is 0 Å². The summed E-state index contributed by atoms with van der Waals surface area (Å²) in [6.07, 6.45) is 4.81. The van der Waals surface area contributed by atoms with Crippen LogP contribution >= 0.6 is 11.6 Å². The highest BCUT2D eigenvalue weighted by Gasteiger charge is 2.05. The normalized spacial score (nSPS) is 12.5. The lowest BCUT2D eigenvalue weighted by Crippen LogP contribution is -2.18. The molecule has 1 rings (SSSR count). The minimum absolute atomic E-state index is 0.510. The Morgan fingerprint density at radius 3 is 2.80 bits per heavy atom. The molecule has 0 aliphatic carbocycles. The molecule has 0 amide bonds. The van der Waals surface area contributed by atoms with Crippen LogP contribution in [0.25, 0.3) is 0 Å². The fourth-order valence-electron chi connectivity index (χ4n) is 1.53. The van der Waals surface area contributed by atoms with Crippen molar-refractivity contribution in [3.05, 3.63) is 23.4 Å². The second-order valence-corrected chi connectivity index (χ2v) is 4.12. The summed E-state index contributed by atoms with van der Waals surface area (Å²) in [5.41, 5.74) is 0. The summed E-state index contributed by atoms with van der Waals surface area (Å²) < 4.78 is 0. The van der Waals surface area contributed by atoms with E-state index in [1.54, 1.807) is 6.07 Å². The lowest BCUT2D eigenvalue weighted by Gasteiger charge is -2.17. The number of pyridine rings is 1. The van der Waals surface area contributed by atoms with Gasteiger partial charge in [0.05, 0.1) is 0 Å². The largest absolute Gasteiger partial charge is 0.367 e. The fourth-order valence-corrected chi connectivity index (χ4v) is 1.69. The molecule has 0 radical (unpaired) electrons. The number of aromatic nitrogens is 1. The molecule has 1 heterocycles. The minimum Gasteiger partial charge on any atom is -0.367 e. The minimum atomic E-state index is 0.510. The van der Waals surface area contributed by atoms with E-state index in [9.17, 15) is 0 Å². The van der Waals surface area contributed by atoms with Crippen LogP contribution in [0.5, 0.6) is 0 Å². The first-order valence-corrected chi connectivity index (χ1v) is 6.03. The van der Waals surface area contributed by atoms with Crippen molar-refractivity contribution < 1.29 is 0 Å². The molecular formula is C12H19ClN2. The summed E-state index contributed by atoms with van der Waals surface area (Å²) in [4.78, 5) is 4.22. The number of hydrogen-bond donors (Lipinski definition) is 1. The van der Waals surface area contributed by atoms with Gasteiger partial charge in [-0.05, 0) is 25.0 Å². The van der Waals surface area contributed by atoms with Gasteiger partial charge in [-0.15, -0.1) is 0 Å². The van der Waals surface area contributed by atoms with Gasteiger partial charge < -0.3 is 5.32 Å². The molecule has 0 spiro atoms. The number of hydrogen-bond acceptors (Lipinski definition) is 2. The molecule has 0 saturated carbocycles. The third kappa shape index (κ3) is 4.52. The number of rotatable bonds is 6. The van der Waals surface area contributed by atoms with Crippen molar-refractivity contribution in [3.63, 3.8) is 0 Å². The predicted molar refractivity (Wildman–Crippen MR) is 66.5 cm³/mol. The Balaban J connectivity index is 2.50. The topological polar surface area (TPSA) is 24.9 Å². The van der Waals surface area contributed by atoms with Crippen molar-refractivity contribution in [1.29, 1.82) is 0 Å². The Morgan fingerprint density at radius 2 is 2.20 bits per heavy atom. The lowest BCUT2D eigenvalue weighted by molar-refractivity contribution is 0.591. The highest BCUT2D eigenvalue weighted by Crippen LogP contribution is 2.14. The number of halogens is 1. The number of anilines is 1. The molecular weight excluding hydrogens is 208 g/mol. The molecule has 1 aromatic heterocycles. The highest BCUT2D eigenvalue weighted by atomic mass is 35.5. The average molecular weight is 227 g/mol. The zero-order valence-electron chi connectivity index (χ0n) is 9.46. The van der Waals surface area contributed by atoms with Crippen LogP contribution < -0.4 is 5.32 Å². The molecule has 0 aromatic carbocycles. The Bertz CT molecular complexity index is 289. The van der Waals surface area contributed by atoms with E-state index in [2.05, 4.69) is 24.1 Å². The molecule has 0 bridgehead atoms. The number of nitrogens with one attached hydrogen (secondary N) is 1. The molecule has 0 aliphatic rings. The zero-order chi connectivity index (χ0) is 11.1. The van der Waals surface area contributed by atoms with Crippen LogP contribution in [0.15, 0.2) is 18.2 Å². The summed E-state index contributed by atoms with van der Waals surface area (Å²) in [6.45, 7) is 4.40. The molecule has 15 heavy (non-hydrogen) atoms. The van der Waals surface area contributed by atoms with Crippen LogP contribution in [0.4, 0.5) is 5.82 Å². The summed E-state index contributed by atoms with van der Waals surface area (Å²) in [5, 5.41) is 3.96. The molecule has 1 atom stereocenters. The Kier molecular flexibility index (Phi) is 5.48. The molecule has 0 fully saturated rings. The van der Waals surface area contributed by atoms with Gasteiger partial charge in [0.1, 0.15) is 11.0 Å². The van der Waals surface area contributed by atoms with Crippen LogP contribution in [0.1, 0.15) is 39.5 Å². The van der Waals surface area contributed by atoms with Gasteiger partial charge in [-0.1, -0.05) is 44.4 Å². The van der Waals surface area contributed by atoms with E-state index < -0.39 is 0 Å². The van der Waals surface area contributed by atoms with E-state index in [1.807, 2.05) is 12.1 Å². The van der Waals surface area contributed by atoms with E-state index in [-0.39, 0.29) is 0 Å². The molecule has 2 nitrogen and oxygen atoms in total. The number of unbranched alkanes of at least 4 members (excludes halogenated alkanes) is 1. The fraction of sp³-hybridized carbons (Fsp3) is 0.583. The highest BCUT2D eigenvalue weighted by molar-refractivity contribution is 6.29. The summed E-state index contributed by atoms with van der Waals surface area (Å²) in [5.74, 6) is 0.880. The van der Waals surface area contributed by atoms with Crippen molar-refractivity contribution in [1.82, 2.24) is 4.98 Å². The first kappa shape index (κ1) is 12.3. The predicted octanol–water partition coefficient (Wildman–Crippen LogP) is 4.12. The van der Waals surface area contributed by atoms with Crippen LogP contribution in [-0.2, 0) is 0 Å². The van der Waals surface area contributed by atoms with Crippen molar-refractivity contribution in [2.75, 3.05) is 5.32 Å². The third-order valence-corrected chi connectivity index (χ3v) is 2.68. The Labute approximate surface area is 97.1 Å². The van der Waals surface area contributed by atoms with Gasteiger partial charge in [0, 0.05) is 6.04 Å². The average Bonchev–Trinajstić information content (AvgIpc) is 2.24. The quantitative estimate of drug-likeness (QED) is 0.739. The summed E-state index contributed by atoms with van der Waals surface area (Å²) in [6, 6.07) is 6.18. The van der Waals surface area contributed by atoms with Crippen LogP contribution in [-0.4, -0.2) is 11.0 Å². The van der Waals surface area contributed by atoms with Gasteiger partial charge in [0.25, 0.3) is 0 Å². The second-order valence-electron chi connectivity index (χ2n) is 3.74. The monoisotopic (exact) mass is 226 g/mol. The molecule has 1 aromatic rings. The molecule has 0 aliphatic heterocycles. The first-order chi connectivity index (χ1) is 7.26. The Hall–Kier alpha value is -0.760. The van der Waals surface area contributed by atoms with Crippen LogP contribution in [0.3, 0.4) is 0 Å². The van der Waals surface area contributed by atoms with Gasteiger partial charge in [-0.25, -0.2) is 4.98 Å². The van der Waals surface area contributed by atoms with E-state index >= 15 is 0 Å². The van der Waals surface area contributed by atoms with Crippen LogP contribution in [0, 0.1) is 0 Å². The smallest absolute Gasteiger partial charge is 0.131 e. The van der Waals surface area contributed by atoms with E-state index in [0.717, 1.165) is 12.2 Å². The summed E-state index contributed by atoms with van der Waals surface area (Å²) in [7, 11) is 0. The third-order valence-electron chi connectivity index (χ3n) is 2.47.